The second kappa shape index (κ2) is 4.17. The van der Waals surface area contributed by atoms with Gasteiger partial charge in [0.1, 0.15) is 0 Å². The zero-order valence-corrected chi connectivity index (χ0v) is 9.00. The van der Waals surface area contributed by atoms with Crippen molar-refractivity contribution in [1.29, 1.82) is 0 Å². The molecule has 0 fully saturated rings. The van der Waals surface area contributed by atoms with Crippen LogP contribution in [0.4, 0.5) is 5.69 Å². The molecule has 1 heterocycles. The number of hydrogen-bond acceptors (Lipinski definition) is 4. The Kier molecular flexibility index (Phi) is 3.17. The lowest BCUT2D eigenvalue weighted by molar-refractivity contribution is 0.341. The average Bonchev–Trinajstić information content (AvgIpc) is 2.16. The molecule has 0 saturated heterocycles. The van der Waals surface area contributed by atoms with Crippen LogP contribution in [0.5, 0.6) is 11.6 Å². The number of nitrogen functional groups attached to an aromatic ring is 1. The molecule has 1 aromatic rings. The van der Waals surface area contributed by atoms with E-state index in [1.807, 2.05) is 13.8 Å². The molecular weight excluding hydrogens is 180 g/mol. The van der Waals surface area contributed by atoms with E-state index in [1.165, 1.54) is 0 Å². The third-order valence-corrected chi connectivity index (χ3v) is 1.98. The second-order valence-electron chi connectivity index (χ2n) is 3.33. The van der Waals surface area contributed by atoms with Gasteiger partial charge in [-0.3, -0.25) is 0 Å². The molecule has 14 heavy (non-hydrogen) atoms. The van der Waals surface area contributed by atoms with Crippen LogP contribution < -0.4 is 15.2 Å². The van der Waals surface area contributed by atoms with Crippen LogP contribution in [-0.2, 0) is 0 Å². The van der Waals surface area contributed by atoms with Gasteiger partial charge < -0.3 is 15.2 Å². The van der Waals surface area contributed by atoms with E-state index in [-0.39, 0.29) is 5.92 Å². The van der Waals surface area contributed by atoms with Crippen LogP contribution in [-0.4, -0.2) is 19.2 Å². The van der Waals surface area contributed by atoms with Gasteiger partial charge in [0.25, 0.3) is 5.88 Å². The monoisotopic (exact) mass is 196 g/mol. The summed E-state index contributed by atoms with van der Waals surface area (Å²) in [6, 6.07) is 1.74. The fourth-order valence-corrected chi connectivity index (χ4v) is 1.26. The highest BCUT2D eigenvalue weighted by atomic mass is 16.5. The zero-order chi connectivity index (χ0) is 10.7. The Morgan fingerprint density at radius 2 is 1.93 bits per heavy atom. The van der Waals surface area contributed by atoms with Gasteiger partial charge in [0, 0.05) is 6.07 Å². The summed E-state index contributed by atoms with van der Waals surface area (Å²) < 4.78 is 10.2. The molecule has 0 aliphatic heterocycles. The van der Waals surface area contributed by atoms with Crippen LogP contribution >= 0.6 is 0 Å². The molecule has 1 aromatic heterocycles. The third-order valence-electron chi connectivity index (χ3n) is 1.98. The predicted molar refractivity (Wildman–Crippen MR) is 55.8 cm³/mol. The maximum Gasteiger partial charge on any atom is 0.257 e. The lowest BCUT2D eigenvalue weighted by Crippen LogP contribution is -2.03. The molecular formula is C10H16N2O2. The first kappa shape index (κ1) is 10.6. The number of nitrogens with two attached hydrogens (primary N) is 1. The van der Waals surface area contributed by atoms with Crippen molar-refractivity contribution in [3.63, 3.8) is 0 Å². The van der Waals surface area contributed by atoms with Crippen molar-refractivity contribution < 1.29 is 9.47 Å². The summed E-state index contributed by atoms with van der Waals surface area (Å²) in [5, 5.41) is 0. The van der Waals surface area contributed by atoms with Crippen molar-refractivity contribution >= 4 is 5.69 Å². The predicted octanol–water partition coefficient (Wildman–Crippen LogP) is 1.80. The van der Waals surface area contributed by atoms with E-state index in [1.54, 1.807) is 20.3 Å². The van der Waals surface area contributed by atoms with E-state index in [4.69, 9.17) is 15.2 Å². The fourth-order valence-electron chi connectivity index (χ4n) is 1.26. The highest BCUT2D eigenvalue weighted by Crippen LogP contribution is 2.31. The van der Waals surface area contributed by atoms with E-state index < -0.39 is 0 Å². The highest BCUT2D eigenvalue weighted by Gasteiger charge is 2.12. The van der Waals surface area contributed by atoms with Crippen molar-refractivity contribution in [3.05, 3.63) is 11.8 Å². The maximum absolute atomic E-state index is 5.82. The Morgan fingerprint density at radius 3 is 2.36 bits per heavy atom. The summed E-state index contributed by atoms with van der Waals surface area (Å²) in [5.74, 6) is 1.31. The molecule has 0 unspecified atom stereocenters. The van der Waals surface area contributed by atoms with Gasteiger partial charge in [0.15, 0.2) is 5.75 Å². The van der Waals surface area contributed by atoms with Gasteiger partial charge in [0.05, 0.1) is 25.6 Å². The molecule has 1 rings (SSSR count). The molecule has 0 saturated carbocycles. The van der Waals surface area contributed by atoms with Crippen LogP contribution in [0.2, 0.25) is 0 Å². The molecule has 0 aromatic carbocycles. The minimum atomic E-state index is 0.273. The Labute approximate surface area is 84.0 Å². The SMILES string of the molecule is COc1cc(N)c(C(C)C)nc1OC. The molecule has 0 amide bonds. The van der Waals surface area contributed by atoms with Crippen molar-refractivity contribution in [1.82, 2.24) is 4.98 Å². The van der Waals surface area contributed by atoms with Crippen molar-refractivity contribution in [3.8, 4) is 11.6 Å². The van der Waals surface area contributed by atoms with Gasteiger partial charge >= 0.3 is 0 Å². The van der Waals surface area contributed by atoms with Gasteiger partial charge in [-0.15, -0.1) is 0 Å². The zero-order valence-electron chi connectivity index (χ0n) is 9.00. The minimum absolute atomic E-state index is 0.273. The van der Waals surface area contributed by atoms with Crippen molar-refractivity contribution in [2.24, 2.45) is 0 Å². The molecule has 0 radical (unpaired) electrons. The van der Waals surface area contributed by atoms with Crippen LogP contribution in [0, 0.1) is 0 Å². The second-order valence-corrected chi connectivity index (χ2v) is 3.33. The summed E-state index contributed by atoms with van der Waals surface area (Å²) in [6.45, 7) is 4.06. The van der Waals surface area contributed by atoms with E-state index in [0.29, 0.717) is 17.3 Å². The Hall–Kier alpha value is -1.45. The Morgan fingerprint density at radius 1 is 1.29 bits per heavy atom. The number of hydrogen-bond donors (Lipinski definition) is 1. The Balaban J connectivity index is 3.23. The normalized spacial score (nSPS) is 10.4. The van der Waals surface area contributed by atoms with Gasteiger partial charge in [-0.05, 0) is 5.92 Å². The smallest absolute Gasteiger partial charge is 0.257 e. The first-order valence-electron chi connectivity index (χ1n) is 4.48. The molecule has 4 heteroatoms. The van der Waals surface area contributed by atoms with Crippen molar-refractivity contribution in [2.45, 2.75) is 19.8 Å². The topological polar surface area (TPSA) is 57.4 Å². The molecule has 4 nitrogen and oxygen atoms in total. The average molecular weight is 196 g/mol. The largest absolute Gasteiger partial charge is 0.491 e. The summed E-state index contributed by atoms with van der Waals surface area (Å²) in [7, 11) is 3.12. The molecule has 0 aliphatic rings. The number of aromatic nitrogens is 1. The number of pyridine rings is 1. The van der Waals surface area contributed by atoms with Crippen molar-refractivity contribution in [2.75, 3.05) is 20.0 Å². The number of methoxy groups -OCH3 is 2. The summed E-state index contributed by atoms with van der Waals surface area (Å²) in [5.41, 5.74) is 7.30. The summed E-state index contributed by atoms with van der Waals surface area (Å²) in [6.07, 6.45) is 0. The standard InChI is InChI=1S/C10H16N2O2/c1-6(2)9-7(11)5-8(13-3)10(12-9)14-4/h5-6H,11H2,1-4H3. The molecule has 0 aliphatic carbocycles. The number of ether oxygens (including phenoxy) is 2. The lowest BCUT2D eigenvalue weighted by atomic mass is 10.1. The van der Waals surface area contributed by atoms with Gasteiger partial charge in [-0.25, -0.2) is 4.98 Å². The number of rotatable bonds is 3. The first-order valence-corrected chi connectivity index (χ1v) is 4.48. The molecule has 2 N–H and O–H groups in total. The van der Waals surface area contributed by atoms with Crippen LogP contribution in [0.1, 0.15) is 25.5 Å². The van der Waals surface area contributed by atoms with Gasteiger partial charge in [0.2, 0.25) is 0 Å². The third kappa shape index (κ3) is 1.89. The quantitative estimate of drug-likeness (QED) is 0.800. The minimum Gasteiger partial charge on any atom is -0.491 e. The fraction of sp³-hybridized carbons (Fsp3) is 0.500. The van der Waals surface area contributed by atoms with Gasteiger partial charge in [-0.1, -0.05) is 13.8 Å². The van der Waals surface area contributed by atoms with Crippen LogP contribution in [0.25, 0.3) is 0 Å². The molecule has 0 bridgehead atoms. The van der Waals surface area contributed by atoms with E-state index in [2.05, 4.69) is 4.98 Å². The Bertz CT molecular complexity index is 324. The van der Waals surface area contributed by atoms with Crippen LogP contribution in [0.3, 0.4) is 0 Å². The maximum atomic E-state index is 5.82. The molecule has 78 valence electrons. The van der Waals surface area contributed by atoms with Gasteiger partial charge in [-0.2, -0.15) is 0 Å². The summed E-state index contributed by atoms with van der Waals surface area (Å²) >= 11 is 0. The van der Waals surface area contributed by atoms with Crippen LogP contribution in [0.15, 0.2) is 6.07 Å². The molecule has 0 atom stereocenters. The summed E-state index contributed by atoms with van der Waals surface area (Å²) in [4.78, 5) is 4.29. The molecule has 0 spiro atoms. The lowest BCUT2D eigenvalue weighted by Gasteiger charge is -2.12. The highest BCUT2D eigenvalue weighted by molar-refractivity contribution is 5.53. The van der Waals surface area contributed by atoms with E-state index in [9.17, 15) is 0 Å². The first-order chi connectivity index (χ1) is 6.60. The van der Waals surface area contributed by atoms with E-state index in [0.717, 1.165) is 5.69 Å². The number of nitrogens with zero attached hydrogens (tertiary/aromatic N) is 1. The number of anilines is 1. The van der Waals surface area contributed by atoms with E-state index >= 15 is 0 Å².